The molecule has 1 aliphatic rings. The van der Waals surface area contributed by atoms with E-state index >= 15 is 0 Å². The van der Waals surface area contributed by atoms with Gasteiger partial charge in [-0.2, -0.15) is 0 Å². The van der Waals surface area contributed by atoms with Crippen molar-refractivity contribution in [3.63, 3.8) is 0 Å². The topological polar surface area (TPSA) is 45.4 Å². The first kappa shape index (κ1) is 14.3. The van der Waals surface area contributed by atoms with Gasteiger partial charge in [-0.05, 0) is 30.3 Å². The molecule has 0 radical (unpaired) electrons. The van der Waals surface area contributed by atoms with E-state index in [9.17, 15) is 0 Å². The highest BCUT2D eigenvalue weighted by Crippen LogP contribution is 2.27. The van der Waals surface area contributed by atoms with E-state index in [4.69, 9.17) is 28.9 Å². The first-order valence-corrected chi connectivity index (χ1v) is 7.55. The van der Waals surface area contributed by atoms with Crippen LogP contribution in [0.4, 0.5) is 17.2 Å². The molecule has 2 heterocycles. The minimum atomic E-state index is 0.560. The molecule has 0 atom stereocenters. The number of nitrogens with two attached hydrogens (primary N) is 1. The average Bonchev–Trinajstić information content (AvgIpc) is 2.48. The highest BCUT2D eigenvalue weighted by molar-refractivity contribution is 6.36. The zero-order valence-electron chi connectivity index (χ0n) is 11.5. The Kier molecular flexibility index (Phi) is 4.08. The van der Waals surface area contributed by atoms with Crippen molar-refractivity contribution in [2.24, 2.45) is 0 Å². The van der Waals surface area contributed by atoms with Crippen LogP contribution in [-0.2, 0) is 0 Å². The summed E-state index contributed by atoms with van der Waals surface area (Å²) >= 11 is 12.1. The predicted octanol–water partition coefficient (Wildman–Crippen LogP) is 3.30. The van der Waals surface area contributed by atoms with Crippen molar-refractivity contribution in [3.8, 4) is 0 Å². The van der Waals surface area contributed by atoms with Gasteiger partial charge in [0.15, 0.2) is 0 Å². The van der Waals surface area contributed by atoms with Crippen molar-refractivity contribution in [3.05, 3.63) is 46.6 Å². The molecule has 0 aliphatic carbocycles. The zero-order valence-corrected chi connectivity index (χ0v) is 13.0. The van der Waals surface area contributed by atoms with Crippen LogP contribution in [0.5, 0.6) is 0 Å². The largest absolute Gasteiger partial charge is 0.399 e. The van der Waals surface area contributed by atoms with Crippen molar-refractivity contribution >= 4 is 40.4 Å². The summed E-state index contributed by atoms with van der Waals surface area (Å²) in [5.41, 5.74) is 7.70. The van der Waals surface area contributed by atoms with Gasteiger partial charge in [0, 0.05) is 43.8 Å². The summed E-state index contributed by atoms with van der Waals surface area (Å²) in [6.07, 6.45) is 1.63. The Morgan fingerprint density at radius 3 is 2.19 bits per heavy atom. The number of pyridine rings is 1. The maximum atomic E-state index is 6.22. The highest BCUT2D eigenvalue weighted by atomic mass is 35.5. The van der Waals surface area contributed by atoms with Crippen molar-refractivity contribution in [1.29, 1.82) is 0 Å². The van der Waals surface area contributed by atoms with Gasteiger partial charge in [0.2, 0.25) is 0 Å². The molecule has 0 spiro atoms. The van der Waals surface area contributed by atoms with Gasteiger partial charge in [-0.15, -0.1) is 0 Å². The van der Waals surface area contributed by atoms with Crippen molar-refractivity contribution < 1.29 is 0 Å². The Morgan fingerprint density at radius 1 is 0.952 bits per heavy atom. The van der Waals surface area contributed by atoms with Crippen molar-refractivity contribution in [2.45, 2.75) is 0 Å². The Labute approximate surface area is 134 Å². The van der Waals surface area contributed by atoms with E-state index in [1.54, 1.807) is 12.3 Å². The fraction of sp³-hybridized carbons (Fsp3) is 0.267. The number of halogens is 2. The lowest BCUT2D eigenvalue weighted by molar-refractivity contribution is 0.647. The summed E-state index contributed by atoms with van der Waals surface area (Å²) in [7, 11) is 0. The SMILES string of the molecule is Nc1ccc(N2CCN(c3ncc(Cl)cc3Cl)CC2)cc1. The summed E-state index contributed by atoms with van der Waals surface area (Å²) in [5, 5.41) is 1.16. The number of hydrogen-bond donors (Lipinski definition) is 1. The van der Waals surface area contributed by atoms with Gasteiger partial charge in [0.1, 0.15) is 5.82 Å². The van der Waals surface area contributed by atoms with Gasteiger partial charge >= 0.3 is 0 Å². The predicted molar refractivity (Wildman–Crippen MR) is 89.5 cm³/mol. The van der Waals surface area contributed by atoms with E-state index in [2.05, 4.69) is 26.9 Å². The third-order valence-corrected chi connectivity index (χ3v) is 4.11. The monoisotopic (exact) mass is 322 g/mol. The quantitative estimate of drug-likeness (QED) is 0.862. The summed E-state index contributed by atoms with van der Waals surface area (Å²) in [6, 6.07) is 9.70. The van der Waals surface area contributed by atoms with E-state index < -0.39 is 0 Å². The molecule has 1 fully saturated rings. The maximum Gasteiger partial charge on any atom is 0.147 e. The molecular weight excluding hydrogens is 307 g/mol. The van der Waals surface area contributed by atoms with Gasteiger partial charge in [0.25, 0.3) is 0 Å². The second kappa shape index (κ2) is 6.00. The molecule has 2 aromatic rings. The molecule has 21 heavy (non-hydrogen) atoms. The number of anilines is 3. The van der Waals surface area contributed by atoms with E-state index in [0.29, 0.717) is 10.0 Å². The third-order valence-electron chi connectivity index (χ3n) is 3.63. The first-order valence-electron chi connectivity index (χ1n) is 6.80. The number of piperazine rings is 1. The van der Waals surface area contributed by atoms with E-state index in [-0.39, 0.29) is 0 Å². The van der Waals surface area contributed by atoms with Crippen LogP contribution in [0.15, 0.2) is 36.5 Å². The van der Waals surface area contributed by atoms with Gasteiger partial charge in [0.05, 0.1) is 10.0 Å². The molecule has 6 heteroatoms. The summed E-state index contributed by atoms with van der Waals surface area (Å²) in [5.74, 6) is 0.804. The third kappa shape index (κ3) is 3.17. The molecule has 2 N–H and O–H groups in total. The van der Waals surface area contributed by atoms with Gasteiger partial charge in [-0.1, -0.05) is 23.2 Å². The van der Waals surface area contributed by atoms with E-state index in [0.717, 1.165) is 37.7 Å². The molecular formula is C15H16Cl2N4. The molecule has 0 unspecified atom stereocenters. The number of aromatic nitrogens is 1. The molecule has 110 valence electrons. The van der Waals surface area contributed by atoms with Gasteiger partial charge in [-0.3, -0.25) is 0 Å². The second-order valence-corrected chi connectivity index (χ2v) is 5.87. The molecule has 1 aromatic carbocycles. The fourth-order valence-electron chi connectivity index (χ4n) is 2.50. The Balaban J connectivity index is 1.68. The molecule has 3 rings (SSSR count). The summed E-state index contributed by atoms with van der Waals surface area (Å²) in [4.78, 5) is 8.86. The van der Waals surface area contributed by atoms with Crippen LogP contribution in [0, 0.1) is 0 Å². The molecule has 1 saturated heterocycles. The van der Waals surface area contributed by atoms with Crippen LogP contribution in [0.25, 0.3) is 0 Å². The van der Waals surface area contributed by atoms with Crippen LogP contribution in [0.1, 0.15) is 0 Å². The molecule has 0 bridgehead atoms. The lowest BCUT2D eigenvalue weighted by Gasteiger charge is -2.37. The minimum absolute atomic E-state index is 0.560. The number of nitrogens with zero attached hydrogens (tertiary/aromatic N) is 3. The summed E-state index contributed by atoms with van der Waals surface area (Å²) < 4.78 is 0. The molecule has 1 aliphatic heterocycles. The Morgan fingerprint density at radius 2 is 1.57 bits per heavy atom. The lowest BCUT2D eigenvalue weighted by atomic mass is 10.2. The van der Waals surface area contributed by atoms with Crippen molar-refractivity contribution in [1.82, 2.24) is 4.98 Å². The van der Waals surface area contributed by atoms with E-state index in [1.807, 2.05) is 12.1 Å². The van der Waals surface area contributed by atoms with E-state index in [1.165, 1.54) is 5.69 Å². The minimum Gasteiger partial charge on any atom is -0.399 e. The van der Waals surface area contributed by atoms with Gasteiger partial charge < -0.3 is 15.5 Å². The molecule has 0 saturated carbocycles. The molecule has 1 aromatic heterocycles. The van der Waals surface area contributed by atoms with Crippen LogP contribution in [-0.4, -0.2) is 31.2 Å². The standard InChI is InChI=1S/C15H16Cl2N4/c16-11-9-14(17)15(19-10-11)21-7-5-20(6-8-21)13-3-1-12(18)2-4-13/h1-4,9-10H,5-8,18H2. The Bertz CT molecular complexity index is 622. The van der Waals surface area contributed by atoms with Crippen LogP contribution in [0.3, 0.4) is 0 Å². The number of nitrogen functional groups attached to an aromatic ring is 1. The fourth-order valence-corrected chi connectivity index (χ4v) is 3.00. The average molecular weight is 323 g/mol. The molecule has 0 amide bonds. The Hall–Kier alpha value is -1.65. The lowest BCUT2D eigenvalue weighted by Crippen LogP contribution is -2.46. The van der Waals surface area contributed by atoms with Crippen LogP contribution in [0.2, 0.25) is 10.0 Å². The van der Waals surface area contributed by atoms with Crippen LogP contribution >= 0.6 is 23.2 Å². The zero-order chi connectivity index (χ0) is 14.8. The first-order chi connectivity index (χ1) is 10.1. The number of benzene rings is 1. The number of hydrogen-bond acceptors (Lipinski definition) is 4. The summed E-state index contributed by atoms with van der Waals surface area (Å²) in [6.45, 7) is 3.59. The highest BCUT2D eigenvalue weighted by Gasteiger charge is 2.20. The van der Waals surface area contributed by atoms with Crippen LogP contribution < -0.4 is 15.5 Å². The van der Waals surface area contributed by atoms with Gasteiger partial charge in [-0.25, -0.2) is 4.98 Å². The maximum absolute atomic E-state index is 6.22. The van der Waals surface area contributed by atoms with Crippen molar-refractivity contribution in [2.75, 3.05) is 41.7 Å². The second-order valence-electron chi connectivity index (χ2n) is 5.02. The normalized spacial score (nSPS) is 15.3. The number of rotatable bonds is 2. The molecule has 4 nitrogen and oxygen atoms in total. The smallest absolute Gasteiger partial charge is 0.147 e.